The first-order valence-electron chi connectivity index (χ1n) is 9.43. The van der Waals surface area contributed by atoms with E-state index >= 15 is 0 Å². The maximum Gasteiger partial charge on any atom is 0.306 e. The maximum absolute atomic E-state index is 14.5. The van der Waals surface area contributed by atoms with Crippen molar-refractivity contribution in [3.63, 3.8) is 0 Å². The monoisotopic (exact) mass is 460 g/mol. The molecule has 0 fully saturated rings. The molecule has 0 atom stereocenters. The molecule has 3 aromatic heterocycles. The van der Waals surface area contributed by atoms with Crippen LogP contribution < -0.4 is 10.6 Å². The fourth-order valence-corrected chi connectivity index (χ4v) is 2.76. The lowest BCUT2D eigenvalue weighted by Crippen LogP contribution is -2.28. The second kappa shape index (κ2) is 9.90. The van der Waals surface area contributed by atoms with Crippen molar-refractivity contribution in [3.8, 4) is 11.8 Å². The highest BCUT2D eigenvalue weighted by Gasteiger charge is 2.34. The van der Waals surface area contributed by atoms with Crippen LogP contribution in [-0.4, -0.2) is 32.5 Å². The van der Waals surface area contributed by atoms with E-state index in [9.17, 15) is 27.5 Å². The lowest BCUT2D eigenvalue weighted by atomic mass is 10.1. The molecule has 0 aliphatic rings. The maximum atomic E-state index is 14.5. The van der Waals surface area contributed by atoms with Gasteiger partial charge in [-0.3, -0.25) is 14.8 Å². The van der Waals surface area contributed by atoms with Gasteiger partial charge in [0.2, 0.25) is 5.91 Å². The van der Waals surface area contributed by atoms with Crippen molar-refractivity contribution < 1.29 is 27.5 Å². The van der Waals surface area contributed by atoms with Crippen molar-refractivity contribution in [1.29, 1.82) is 5.26 Å². The minimum atomic E-state index is -3.51. The Hall–Kier alpha value is -4.27. The molecule has 0 unspecified atom stereocenters. The molecule has 3 N–H and O–H groups in total. The predicted octanol–water partition coefficient (Wildman–Crippen LogP) is 2.79. The van der Waals surface area contributed by atoms with Gasteiger partial charge in [0.05, 0.1) is 30.9 Å². The van der Waals surface area contributed by atoms with E-state index in [0.717, 1.165) is 12.1 Å². The average molecular weight is 460 g/mol. The molecule has 0 bridgehead atoms. The van der Waals surface area contributed by atoms with E-state index in [0.29, 0.717) is 0 Å². The molecule has 33 heavy (non-hydrogen) atoms. The van der Waals surface area contributed by atoms with Gasteiger partial charge in [0.15, 0.2) is 17.4 Å². The number of carbonyl (C=O) groups excluding carboxylic acids is 1. The number of carbonyl (C=O) groups is 1. The molecule has 0 aliphatic carbocycles. The number of alkyl halides is 2. The third-order valence-corrected chi connectivity index (χ3v) is 4.43. The molecule has 170 valence electrons. The number of nitrogens with one attached hydrogen (secondary N) is 2. The Kier molecular flexibility index (Phi) is 7.02. The van der Waals surface area contributed by atoms with Crippen LogP contribution in [0.15, 0.2) is 42.7 Å². The Morgan fingerprint density at radius 1 is 1.12 bits per heavy atom. The molecule has 1 amide bonds. The number of rotatable bonds is 8. The van der Waals surface area contributed by atoms with E-state index in [1.165, 1.54) is 36.7 Å². The van der Waals surface area contributed by atoms with Crippen LogP contribution in [0.2, 0.25) is 0 Å². The average Bonchev–Trinajstić information content (AvgIpc) is 2.80. The molecule has 3 rings (SSSR count). The molecule has 0 saturated heterocycles. The first kappa shape index (κ1) is 23.4. The molecule has 3 heterocycles. The van der Waals surface area contributed by atoms with Gasteiger partial charge in [-0.15, -0.1) is 0 Å². The van der Waals surface area contributed by atoms with Crippen LogP contribution in [0.3, 0.4) is 0 Å². The molecular weight excluding hydrogens is 444 g/mol. The Bertz CT molecular complexity index is 1200. The zero-order chi connectivity index (χ0) is 24.0. The third kappa shape index (κ3) is 5.51. The molecular formula is C21H16F4N6O2. The van der Waals surface area contributed by atoms with Crippen molar-refractivity contribution in [2.45, 2.75) is 18.9 Å². The molecule has 0 aliphatic heterocycles. The molecule has 8 nitrogen and oxygen atoms in total. The Balaban J connectivity index is 1.77. The summed E-state index contributed by atoms with van der Waals surface area (Å²) in [5, 5.41) is 23.7. The van der Waals surface area contributed by atoms with Crippen LogP contribution in [0.25, 0.3) is 0 Å². The number of aromatic nitrogens is 3. The summed E-state index contributed by atoms with van der Waals surface area (Å²) in [7, 11) is 0. The lowest BCUT2D eigenvalue weighted by molar-refractivity contribution is -0.120. The van der Waals surface area contributed by atoms with Crippen LogP contribution in [0.4, 0.5) is 23.4 Å². The highest BCUT2D eigenvalue weighted by molar-refractivity contribution is 5.79. The van der Waals surface area contributed by atoms with Crippen molar-refractivity contribution >= 4 is 11.7 Å². The zero-order valence-corrected chi connectivity index (χ0v) is 16.8. The van der Waals surface area contributed by atoms with Crippen molar-refractivity contribution in [3.05, 3.63) is 77.0 Å². The van der Waals surface area contributed by atoms with E-state index < -0.39 is 64.9 Å². The number of nitrogens with zero attached hydrogens (tertiary/aromatic N) is 4. The van der Waals surface area contributed by atoms with Gasteiger partial charge in [-0.05, 0) is 24.3 Å². The predicted molar refractivity (Wildman–Crippen MR) is 107 cm³/mol. The number of anilines is 1. The molecule has 0 radical (unpaired) electrons. The SMILES string of the molecule is N#Cc1c(O)c(CC(=O)NCc2ncccc2F)nc(NCC(F)(F)c2ccccn2)c1F. The summed E-state index contributed by atoms with van der Waals surface area (Å²) >= 11 is 0. The highest BCUT2D eigenvalue weighted by Crippen LogP contribution is 2.30. The summed E-state index contributed by atoms with van der Waals surface area (Å²) < 4.78 is 56.8. The minimum Gasteiger partial charge on any atom is -0.505 e. The van der Waals surface area contributed by atoms with E-state index in [2.05, 4.69) is 25.6 Å². The quantitative estimate of drug-likeness (QED) is 0.442. The molecule has 0 spiro atoms. The van der Waals surface area contributed by atoms with Crippen molar-refractivity contribution in [2.75, 3.05) is 11.9 Å². The van der Waals surface area contributed by atoms with E-state index in [1.54, 1.807) is 0 Å². The van der Waals surface area contributed by atoms with Gasteiger partial charge in [-0.25, -0.2) is 13.8 Å². The summed E-state index contributed by atoms with van der Waals surface area (Å²) in [5.74, 6) is -7.93. The summed E-state index contributed by atoms with van der Waals surface area (Å²) in [4.78, 5) is 23.2. The largest absolute Gasteiger partial charge is 0.505 e. The molecule has 0 saturated carbocycles. The fraction of sp³-hybridized carbons (Fsp3) is 0.190. The number of aromatic hydroxyl groups is 1. The van der Waals surface area contributed by atoms with Crippen LogP contribution in [0, 0.1) is 23.0 Å². The van der Waals surface area contributed by atoms with E-state index in [-0.39, 0.29) is 12.2 Å². The first-order valence-corrected chi connectivity index (χ1v) is 9.43. The number of pyridine rings is 3. The summed E-state index contributed by atoms with van der Waals surface area (Å²) in [5.41, 5.74) is -1.92. The Morgan fingerprint density at radius 3 is 2.55 bits per heavy atom. The normalized spacial score (nSPS) is 11.0. The fourth-order valence-electron chi connectivity index (χ4n) is 2.76. The van der Waals surface area contributed by atoms with Crippen LogP contribution in [0.1, 0.15) is 22.6 Å². The van der Waals surface area contributed by atoms with Crippen LogP contribution in [-0.2, 0) is 23.7 Å². The van der Waals surface area contributed by atoms with Gasteiger partial charge < -0.3 is 15.7 Å². The topological polar surface area (TPSA) is 124 Å². The van der Waals surface area contributed by atoms with Gasteiger partial charge in [0.1, 0.15) is 23.1 Å². The van der Waals surface area contributed by atoms with Gasteiger partial charge >= 0.3 is 5.92 Å². The number of hydrogen-bond donors (Lipinski definition) is 3. The van der Waals surface area contributed by atoms with E-state index in [1.807, 2.05) is 0 Å². The Labute approximate surface area is 185 Å². The van der Waals surface area contributed by atoms with Crippen molar-refractivity contribution in [2.24, 2.45) is 0 Å². The third-order valence-electron chi connectivity index (χ3n) is 4.43. The summed E-state index contributed by atoms with van der Waals surface area (Å²) in [6.45, 7) is -1.39. The lowest BCUT2D eigenvalue weighted by Gasteiger charge is -2.18. The Morgan fingerprint density at radius 2 is 1.88 bits per heavy atom. The zero-order valence-electron chi connectivity index (χ0n) is 16.8. The van der Waals surface area contributed by atoms with Crippen LogP contribution in [0.5, 0.6) is 5.75 Å². The minimum absolute atomic E-state index is 0.0426. The molecule has 12 heteroatoms. The van der Waals surface area contributed by atoms with E-state index in [4.69, 9.17) is 5.26 Å². The number of nitriles is 1. The van der Waals surface area contributed by atoms with Crippen molar-refractivity contribution in [1.82, 2.24) is 20.3 Å². The van der Waals surface area contributed by atoms with Gasteiger partial charge in [-0.1, -0.05) is 6.07 Å². The van der Waals surface area contributed by atoms with Gasteiger partial charge in [0.25, 0.3) is 0 Å². The van der Waals surface area contributed by atoms with Gasteiger partial charge in [-0.2, -0.15) is 14.0 Å². The smallest absolute Gasteiger partial charge is 0.306 e. The second-order valence-corrected chi connectivity index (χ2v) is 6.71. The van der Waals surface area contributed by atoms with Gasteiger partial charge in [0, 0.05) is 12.4 Å². The number of hydrogen-bond acceptors (Lipinski definition) is 7. The number of amides is 1. The standard InChI is InChI=1S/C21H16F4N6O2/c22-13-4-3-7-27-15(13)10-29-17(32)8-14-19(33)12(9-26)18(23)20(31-14)30-11-21(24,25)16-5-1-2-6-28-16/h1-7,33H,8,10-11H2,(H,29,32)(H,30,31). The highest BCUT2D eigenvalue weighted by atomic mass is 19.3. The summed E-state index contributed by atoms with van der Waals surface area (Å²) in [6.07, 6.45) is 1.86. The van der Waals surface area contributed by atoms with Crippen LogP contribution >= 0.6 is 0 Å². The summed E-state index contributed by atoms with van der Waals surface area (Å²) in [6, 6.07) is 7.84. The number of halogens is 4. The molecule has 0 aromatic carbocycles. The molecule has 3 aromatic rings. The second-order valence-electron chi connectivity index (χ2n) is 6.71. The first-order chi connectivity index (χ1) is 15.7.